The quantitative estimate of drug-likeness (QED) is 0.331. The van der Waals surface area contributed by atoms with Crippen LogP contribution in [0.2, 0.25) is 0 Å². The van der Waals surface area contributed by atoms with E-state index in [2.05, 4.69) is 5.32 Å². The van der Waals surface area contributed by atoms with Gasteiger partial charge in [-0.05, 0) is 64.4 Å². The number of carbonyl (C=O) groups is 2. The highest BCUT2D eigenvalue weighted by atomic mass is 32.1. The lowest BCUT2D eigenvalue weighted by atomic mass is 10.1. The van der Waals surface area contributed by atoms with Crippen molar-refractivity contribution in [1.29, 1.82) is 0 Å². The number of nitrogens with zero attached hydrogens (tertiary/aromatic N) is 1. The molecule has 4 rings (SSSR count). The fourth-order valence-corrected chi connectivity index (χ4v) is 5.34. The van der Waals surface area contributed by atoms with Gasteiger partial charge in [0.25, 0.3) is 5.91 Å². The Hall–Kier alpha value is -3.03. The Morgan fingerprint density at radius 2 is 1.78 bits per heavy atom. The lowest BCUT2D eigenvalue weighted by Gasteiger charge is -2.12. The summed E-state index contributed by atoms with van der Waals surface area (Å²) < 4.78 is 5.42. The first kappa shape index (κ1) is 22.2. The molecule has 32 heavy (non-hydrogen) atoms. The van der Waals surface area contributed by atoms with Crippen LogP contribution in [0.15, 0.2) is 42.5 Å². The molecule has 0 fully saturated rings. The molecule has 164 valence electrons. The molecule has 7 heteroatoms. The summed E-state index contributed by atoms with van der Waals surface area (Å²) in [6.45, 7) is 9.46. The molecule has 1 aromatic carbocycles. The molecule has 0 bridgehead atoms. The second-order valence-electron chi connectivity index (χ2n) is 7.88. The highest BCUT2D eigenvalue weighted by Gasteiger charge is 2.24. The van der Waals surface area contributed by atoms with Crippen molar-refractivity contribution in [3.8, 4) is 10.6 Å². The third kappa shape index (κ3) is 4.31. The third-order valence-electron chi connectivity index (χ3n) is 5.11. The summed E-state index contributed by atoms with van der Waals surface area (Å²) in [6.07, 6.45) is -0.244. The predicted molar refractivity (Wildman–Crippen MR) is 132 cm³/mol. The summed E-state index contributed by atoms with van der Waals surface area (Å²) >= 11 is 3.02. The molecular weight excluding hydrogens is 440 g/mol. The van der Waals surface area contributed by atoms with Gasteiger partial charge in [-0.3, -0.25) is 4.79 Å². The number of thiophene rings is 2. The van der Waals surface area contributed by atoms with Crippen LogP contribution in [0, 0.1) is 20.8 Å². The van der Waals surface area contributed by atoms with Crippen molar-refractivity contribution in [2.45, 2.75) is 40.7 Å². The number of amides is 1. The van der Waals surface area contributed by atoms with Crippen molar-refractivity contribution in [2.24, 2.45) is 0 Å². The van der Waals surface area contributed by atoms with Gasteiger partial charge >= 0.3 is 5.97 Å². The molecular formula is C25H24N2O3S2. The van der Waals surface area contributed by atoms with E-state index < -0.39 is 5.97 Å². The highest BCUT2D eigenvalue weighted by Crippen LogP contribution is 2.35. The van der Waals surface area contributed by atoms with E-state index in [-0.39, 0.29) is 12.0 Å². The van der Waals surface area contributed by atoms with Gasteiger partial charge in [-0.2, -0.15) is 0 Å². The minimum atomic E-state index is -0.425. The molecule has 0 aliphatic carbocycles. The van der Waals surface area contributed by atoms with E-state index in [1.165, 1.54) is 16.2 Å². The fraction of sp³-hybridized carbons (Fsp3) is 0.240. The smallest absolute Gasteiger partial charge is 0.341 e. The molecule has 0 spiro atoms. The van der Waals surface area contributed by atoms with Crippen molar-refractivity contribution >= 4 is 50.5 Å². The largest absolute Gasteiger partial charge is 0.459 e. The first-order valence-corrected chi connectivity index (χ1v) is 12.0. The molecule has 0 aliphatic rings. The average Bonchev–Trinajstić information content (AvgIpc) is 3.29. The zero-order valence-electron chi connectivity index (χ0n) is 18.6. The Morgan fingerprint density at radius 1 is 1.03 bits per heavy atom. The van der Waals surface area contributed by atoms with Gasteiger partial charge in [-0.1, -0.05) is 18.2 Å². The number of hydrogen-bond donors (Lipinski definition) is 1. The Kier molecular flexibility index (Phi) is 6.13. The summed E-state index contributed by atoms with van der Waals surface area (Å²) in [6, 6.07) is 13.5. The van der Waals surface area contributed by atoms with Crippen LogP contribution in [-0.4, -0.2) is 23.0 Å². The van der Waals surface area contributed by atoms with Crippen LogP contribution in [-0.2, 0) is 4.74 Å². The maximum atomic E-state index is 13.5. The molecule has 5 nitrogen and oxygen atoms in total. The van der Waals surface area contributed by atoms with E-state index in [9.17, 15) is 9.59 Å². The molecule has 0 saturated heterocycles. The van der Waals surface area contributed by atoms with Crippen LogP contribution < -0.4 is 5.32 Å². The zero-order chi connectivity index (χ0) is 23.0. The number of benzene rings is 1. The number of ether oxygens (including phenoxy) is 1. The minimum absolute atomic E-state index is 0.244. The van der Waals surface area contributed by atoms with Gasteiger partial charge in [-0.15, -0.1) is 22.7 Å². The lowest BCUT2D eigenvalue weighted by molar-refractivity contribution is 0.0379. The standard InChI is InChI=1S/C25H24N2O3S2/c1-13(2)30-25(29)22-15(4)16(5)32-24(22)27-23(28)18-12-20(21-11-10-14(3)31-21)26-19-9-7-6-8-17(18)19/h6-13H,1-5H3,(H,27,28). The molecule has 1 N–H and O–H groups in total. The maximum absolute atomic E-state index is 13.5. The summed E-state index contributed by atoms with van der Waals surface area (Å²) in [5.74, 6) is -0.704. The van der Waals surface area contributed by atoms with Gasteiger partial charge in [0.05, 0.1) is 33.3 Å². The first-order chi connectivity index (χ1) is 15.2. The number of para-hydroxylation sites is 1. The lowest BCUT2D eigenvalue weighted by Crippen LogP contribution is -2.17. The number of carbonyl (C=O) groups excluding carboxylic acids is 2. The topological polar surface area (TPSA) is 68.3 Å². The summed E-state index contributed by atoms with van der Waals surface area (Å²) in [7, 11) is 0. The van der Waals surface area contributed by atoms with E-state index in [0.717, 1.165) is 31.9 Å². The average molecular weight is 465 g/mol. The van der Waals surface area contributed by atoms with Crippen molar-refractivity contribution in [3.05, 3.63) is 68.9 Å². The van der Waals surface area contributed by atoms with Crippen LogP contribution in [0.3, 0.4) is 0 Å². The van der Waals surface area contributed by atoms with Crippen LogP contribution in [0.25, 0.3) is 21.5 Å². The second kappa shape index (κ2) is 8.84. The molecule has 3 heterocycles. The molecule has 4 aromatic rings. The van der Waals surface area contributed by atoms with Crippen molar-refractivity contribution < 1.29 is 14.3 Å². The Labute approximate surface area is 195 Å². The van der Waals surface area contributed by atoms with Crippen LogP contribution in [0.5, 0.6) is 0 Å². The summed E-state index contributed by atoms with van der Waals surface area (Å²) in [4.78, 5) is 34.1. The number of aromatic nitrogens is 1. The second-order valence-corrected chi connectivity index (χ2v) is 10.4. The number of esters is 1. The monoisotopic (exact) mass is 464 g/mol. The molecule has 0 aliphatic heterocycles. The van der Waals surface area contributed by atoms with Gasteiger partial charge in [0.2, 0.25) is 0 Å². The predicted octanol–water partition coefficient (Wildman–Crippen LogP) is 6.77. The normalized spacial score (nSPS) is 11.2. The van der Waals surface area contributed by atoms with Gasteiger partial charge < -0.3 is 10.1 Å². The Morgan fingerprint density at radius 3 is 2.47 bits per heavy atom. The van der Waals surface area contributed by atoms with Gasteiger partial charge in [0, 0.05) is 15.1 Å². The number of fused-ring (bicyclic) bond motifs is 1. The van der Waals surface area contributed by atoms with E-state index >= 15 is 0 Å². The molecule has 0 atom stereocenters. The number of anilines is 1. The molecule has 1 amide bonds. The highest BCUT2D eigenvalue weighted by molar-refractivity contribution is 7.17. The summed E-state index contributed by atoms with van der Waals surface area (Å²) in [5.41, 5.74) is 3.26. The van der Waals surface area contributed by atoms with Crippen LogP contribution >= 0.6 is 22.7 Å². The molecule has 0 saturated carbocycles. The Balaban J connectivity index is 1.77. The number of aryl methyl sites for hydroxylation is 2. The van der Waals surface area contributed by atoms with Gasteiger partial charge in [-0.25, -0.2) is 9.78 Å². The number of nitrogens with one attached hydrogen (secondary N) is 1. The van der Waals surface area contributed by atoms with Crippen LogP contribution in [0.4, 0.5) is 5.00 Å². The third-order valence-corrected chi connectivity index (χ3v) is 7.26. The number of pyridine rings is 1. The van der Waals surface area contributed by atoms with E-state index in [1.807, 2.05) is 77.1 Å². The SMILES string of the molecule is Cc1ccc(-c2cc(C(=O)Nc3sc(C)c(C)c3C(=O)OC(C)C)c3ccccc3n2)s1. The zero-order valence-corrected chi connectivity index (χ0v) is 20.2. The van der Waals surface area contributed by atoms with Gasteiger partial charge in [0.15, 0.2) is 0 Å². The van der Waals surface area contributed by atoms with Crippen molar-refractivity contribution in [2.75, 3.05) is 5.32 Å². The van der Waals surface area contributed by atoms with E-state index in [0.29, 0.717) is 16.1 Å². The van der Waals surface area contributed by atoms with Crippen molar-refractivity contribution in [1.82, 2.24) is 4.98 Å². The van der Waals surface area contributed by atoms with Gasteiger partial charge in [0.1, 0.15) is 5.00 Å². The molecule has 0 unspecified atom stereocenters. The fourth-order valence-electron chi connectivity index (χ4n) is 3.47. The van der Waals surface area contributed by atoms with Crippen LogP contribution in [0.1, 0.15) is 49.9 Å². The summed E-state index contributed by atoms with van der Waals surface area (Å²) in [5, 5.41) is 4.24. The minimum Gasteiger partial charge on any atom is -0.459 e. The molecule has 0 radical (unpaired) electrons. The van der Waals surface area contributed by atoms with E-state index in [1.54, 1.807) is 11.3 Å². The van der Waals surface area contributed by atoms with E-state index in [4.69, 9.17) is 9.72 Å². The molecule has 3 aromatic heterocycles. The van der Waals surface area contributed by atoms with Crippen molar-refractivity contribution in [3.63, 3.8) is 0 Å². The number of hydrogen-bond acceptors (Lipinski definition) is 6. The Bertz CT molecular complexity index is 1330. The number of rotatable bonds is 5. The first-order valence-electron chi connectivity index (χ1n) is 10.3. The maximum Gasteiger partial charge on any atom is 0.341 e.